The summed E-state index contributed by atoms with van der Waals surface area (Å²) in [4.78, 5) is 4.65. The van der Waals surface area contributed by atoms with Gasteiger partial charge >= 0.3 is 0 Å². The molecular weight excluding hydrogens is 445 g/mol. The number of benzene rings is 1. The molecule has 1 saturated carbocycles. The lowest BCUT2D eigenvalue weighted by Gasteiger charge is -2.28. The van der Waals surface area contributed by atoms with E-state index in [1.165, 1.54) is 114 Å². The smallest absolute Gasteiger partial charge is 0.136 e. The van der Waals surface area contributed by atoms with Gasteiger partial charge in [0.2, 0.25) is 0 Å². The molecule has 2 nitrogen and oxygen atoms in total. The Hall–Kier alpha value is -1.90. The molecule has 0 amide bonds. The van der Waals surface area contributed by atoms with Crippen molar-refractivity contribution in [1.29, 1.82) is 0 Å². The van der Waals surface area contributed by atoms with Gasteiger partial charge in [-0.25, -0.2) is 4.39 Å². The number of unbranched alkanes of at least 4 members (excludes halogenated alkanes) is 10. The second kappa shape index (κ2) is 16.8. The molecule has 1 heterocycles. The zero-order valence-electron chi connectivity index (χ0n) is 23.1. The normalized spacial score (nSPS) is 17.9. The van der Waals surface area contributed by atoms with Crippen LogP contribution < -0.4 is 4.74 Å². The Morgan fingerprint density at radius 3 is 2.08 bits per heavy atom. The molecule has 0 atom stereocenters. The van der Waals surface area contributed by atoms with E-state index in [-0.39, 0.29) is 5.82 Å². The van der Waals surface area contributed by atoms with E-state index in [9.17, 15) is 4.39 Å². The lowest BCUT2D eigenvalue weighted by atomic mass is 9.77. The van der Waals surface area contributed by atoms with Crippen molar-refractivity contribution in [3.05, 3.63) is 47.9 Å². The largest absolute Gasteiger partial charge is 0.493 e. The molecule has 0 radical (unpaired) electrons. The minimum Gasteiger partial charge on any atom is -0.493 e. The van der Waals surface area contributed by atoms with E-state index in [2.05, 4.69) is 24.9 Å². The van der Waals surface area contributed by atoms with Crippen molar-refractivity contribution in [3.63, 3.8) is 0 Å². The number of ether oxygens (including phenoxy) is 1. The molecule has 0 saturated heterocycles. The van der Waals surface area contributed by atoms with E-state index in [0.717, 1.165) is 12.3 Å². The molecule has 3 rings (SSSR count). The van der Waals surface area contributed by atoms with Gasteiger partial charge in [-0.15, -0.1) is 0 Å². The molecule has 1 aromatic carbocycles. The van der Waals surface area contributed by atoms with Crippen molar-refractivity contribution in [2.24, 2.45) is 5.92 Å². The van der Waals surface area contributed by atoms with Crippen LogP contribution in [0.25, 0.3) is 11.3 Å². The van der Waals surface area contributed by atoms with Crippen LogP contribution in [-0.4, -0.2) is 11.6 Å². The fourth-order valence-electron chi connectivity index (χ4n) is 5.67. The molecule has 3 heteroatoms. The molecule has 0 unspecified atom stereocenters. The van der Waals surface area contributed by atoms with Crippen LogP contribution >= 0.6 is 0 Å². The molecule has 200 valence electrons. The van der Waals surface area contributed by atoms with Crippen LogP contribution in [0.5, 0.6) is 5.75 Å². The van der Waals surface area contributed by atoms with Gasteiger partial charge in [0, 0.05) is 17.8 Å². The van der Waals surface area contributed by atoms with Crippen LogP contribution in [0.3, 0.4) is 0 Å². The molecule has 0 spiro atoms. The minimum atomic E-state index is -0.258. The Morgan fingerprint density at radius 2 is 1.44 bits per heavy atom. The number of pyridine rings is 1. The Bertz CT molecular complexity index is 841. The van der Waals surface area contributed by atoms with E-state index in [0.29, 0.717) is 29.5 Å². The Balaban J connectivity index is 1.40. The maximum absolute atomic E-state index is 14.8. The summed E-state index contributed by atoms with van der Waals surface area (Å²) < 4.78 is 20.6. The Morgan fingerprint density at radius 1 is 0.778 bits per heavy atom. The van der Waals surface area contributed by atoms with Crippen LogP contribution in [-0.2, 0) is 0 Å². The van der Waals surface area contributed by atoms with Gasteiger partial charge in [0.25, 0.3) is 0 Å². The standard InChI is InChI=1S/C33H50FNO/c1-3-5-7-9-10-12-14-24-36-30-21-22-31(32(34)25-30)33-23-20-29(26-35-33)28-18-16-27(17-19-28)15-13-11-8-6-4-2/h20-23,25-28H,3-19,24H2,1-2H3. The first-order chi connectivity index (χ1) is 17.7. The van der Waals surface area contributed by atoms with Gasteiger partial charge in [0.05, 0.1) is 12.3 Å². The highest BCUT2D eigenvalue weighted by molar-refractivity contribution is 5.61. The summed E-state index contributed by atoms with van der Waals surface area (Å²) >= 11 is 0. The first-order valence-corrected chi connectivity index (χ1v) is 15.1. The highest BCUT2D eigenvalue weighted by Crippen LogP contribution is 2.38. The zero-order chi connectivity index (χ0) is 25.4. The molecule has 0 bridgehead atoms. The van der Waals surface area contributed by atoms with Crippen molar-refractivity contribution < 1.29 is 9.13 Å². The van der Waals surface area contributed by atoms with Gasteiger partial charge < -0.3 is 4.74 Å². The van der Waals surface area contributed by atoms with E-state index in [4.69, 9.17) is 4.74 Å². The van der Waals surface area contributed by atoms with E-state index < -0.39 is 0 Å². The Labute approximate surface area is 220 Å². The topological polar surface area (TPSA) is 22.1 Å². The average molecular weight is 496 g/mol. The quantitative estimate of drug-likeness (QED) is 0.204. The first-order valence-electron chi connectivity index (χ1n) is 15.1. The molecule has 1 fully saturated rings. The maximum Gasteiger partial charge on any atom is 0.136 e. The average Bonchev–Trinajstić information content (AvgIpc) is 2.91. The van der Waals surface area contributed by atoms with Crippen molar-refractivity contribution in [2.45, 2.75) is 129 Å². The molecule has 0 N–H and O–H groups in total. The third-order valence-corrected chi connectivity index (χ3v) is 8.05. The summed E-state index contributed by atoms with van der Waals surface area (Å²) in [5.74, 6) is 1.87. The Kier molecular flexibility index (Phi) is 13.4. The predicted octanol–water partition coefficient (Wildman–Crippen LogP) is 10.7. The second-order valence-electron chi connectivity index (χ2n) is 11.0. The summed E-state index contributed by atoms with van der Waals surface area (Å²) in [6.45, 7) is 5.18. The molecular formula is C33H50FNO. The van der Waals surface area contributed by atoms with Gasteiger partial charge in [-0.05, 0) is 67.7 Å². The zero-order valence-corrected chi connectivity index (χ0v) is 23.1. The molecule has 1 aliphatic carbocycles. The molecule has 1 aromatic heterocycles. The van der Waals surface area contributed by atoms with Gasteiger partial charge in [0.15, 0.2) is 0 Å². The number of nitrogens with zero attached hydrogens (tertiary/aromatic N) is 1. The van der Waals surface area contributed by atoms with E-state index in [1.54, 1.807) is 0 Å². The number of aromatic nitrogens is 1. The SMILES string of the molecule is CCCCCCCCCOc1ccc(-c2ccc(C3CCC(CCCCCCC)CC3)cn2)c(F)c1. The van der Waals surface area contributed by atoms with Gasteiger partial charge in [0.1, 0.15) is 11.6 Å². The molecule has 2 aromatic rings. The van der Waals surface area contributed by atoms with Crippen LogP contribution in [0, 0.1) is 11.7 Å². The van der Waals surface area contributed by atoms with Gasteiger partial charge in [-0.3, -0.25) is 4.98 Å². The van der Waals surface area contributed by atoms with E-state index >= 15 is 0 Å². The van der Waals surface area contributed by atoms with E-state index in [1.807, 2.05) is 24.4 Å². The van der Waals surface area contributed by atoms with Crippen molar-refractivity contribution in [3.8, 4) is 17.0 Å². The second-order valence-corrected chi connectivity index (χ2v) is 11.0. The lowest BCUT2D eigenvalue weighted by molar-refractivity contribution is 0.301. The van der Waals surface area contributed by atoms with Crippen molar-refractivity contribution in [1.82, 2.24) is 4.98 Å². The highest BCUT2D eigenvalue weighted by Gasteiger charge is 2.22. The highest BCUT2D eigenvalue weighted by atomic mass is 19.1. The molecule has 36 heavy (non-hydrogen) atoms. The monoisotopic (exact) mass is 495 g/mol. The summed E-state index contributed by atoms with van der Waals surface area (Å²) in [7, 11) is 0. The maximum atomic E-state index is 14.8. The predicted molar refractivity (Wildman–Crippen MR) is 151 cm³/mol. The summed E-state index contributed by atoms with van der Waals surface area (Å²) in [6.07, 6.45) is 24.3. The van der Waals surface area contributed by atoms with Crippen LogP contribution in [0.4, 0.5) is 4.39 Å². The fraction of sp³-hybridized carbons (Fsp3) is 0.667. The third-order valence-electron chi connectivity index (χ3n) is 8.05. The molecule has 1 aliphatic rings. The third kappa shape index (κ3) is 9.87. The number of rotatable bonds is 17. The fourth-order valence-corrected chi connectivity index (χ4v) is 5.67. The minimum absolute atomic E-state index is 0.258. The lowest BCUT2D eigenvalue weighted by Crippen LogP contribution is -2.13. The van der Waals surface area contributed by atoms with Crippen LogP contribution in [0.2, 0.25) is 0 Å². The van der Waals surface area contributed by atoms with Crippen LogP contribution in [0.1, 0.15) is 134 Å². The van der Waals surface area contributed by atoms with Gasteiger partial charge in [-0.2, -0.15) is 0 Å². The molecule has 0 aliphatic heterocycles. The van der Waals surface area contributed by atoms with Crippen molar-refractivity contribution in [2.75, 3.05) is 6.61 Å². The number of hydrogen-bond acceptors (Lipinski definition) is 2. The number of halogens is 1. The summed E-state index contributed by atoms with van der Waals surface area (Å²) in [6, 6.07) is 9.35. The van der Waals surface area contributed by atoms with Gasteiger partial charge in [-0.1, -0.05) is 97.0 Å². The van der Waals surface area contributed by atoms with Crippen molar-refractivity contribution >= 4 is 0 Å². The summed E-state index contributed by atoms with van der Waals surface area (Å²) in [5.41, 5.74) is 2.57. The summed E-state index contributed by atoms with van der Waals surface area (Å²) in [5, 5.41) is 0. The van der Waals surface area contributed by atoms with Crippen LogP contribution in [0.15, 0.2) is 36.5 Å². The number of hydrogen-bond donors (Lipinski definition) is 0. The first kappa shape index (κ1) is 28.7.